The van der Waals surface area contributed by atoms with Crippen molar-refractivity contribution in [3.05, 3.63) is 6.33 Å². The molecule has 0 aliphatic carbocycles. The summed E-state index contributed by atoms with van der Waals surface area (Å²) in [6.07, 6.45) is -5.36. The third-order valence-corrected chi connectivity index (χ3v) is 6.59. The third kappa shape index (κ3) is 4.99. The van der Waals surface area contributed by atoms with E-state index < -0.39 is 28.5 Å². The minimum Gasteiger partial charge on any atom is -0.382 e. The van der Waals surface area contributed by atoms with Crippen molar-refractivity contribution in [2.75, 3.05) is 30.8 Å². The Hall–Kier alpha value is -2.23. The highest BCUT2D eigenvalue weighted by molar-refractivity contribution is 7.87. The van der Waals surface area contributed by atoms with Crippen LogP contribution in [0.2, 0.25) is 0 Å². The molecule has 0 saturated carbocycles. The van der Waals surface area contributed by atoms with Crippen LogP contribution >= 0.6 is 0 Å². The van der Waals surface area contributed by atoms with Gasteiger partial charge in [0.2, 0.25) is 5.95 Å². The van der Waals surface area contributed by atoms with Crippen molar-refractivity contribution in [2.24, 2.45) is 0 Å². The van der Waals surface area contributed by atoms with Crippen LogP contribution in [0.4, 0.5) is 24.9 Å². The fraction of sp³-hybridized carbons (Fsp3) is 0.688. The number of hydrogen-bond acceptors (Lipinski definition) is 8. The molecule has 3 atom stereocenters. The zero-order chi connectivity index (χ0) is 23.0. The van der Waals surface area contributed by atoms with Gasteiger partial charge in [-0.15, -0.1) is 0 Å². The van der Waals surface area contributed by atoms with Crippen LogP contribution in [0.5, 0.6) is 0 Å². The van der Waals surface area contributed by atoms with Crippen LogP contribution in [-0.2, 0) is 16.8 Å². The molecule has 2 aromatic heterocycles. The molecule has 1 fully saturated rings. The van der Waals surface area contributed by atoms with Crippen molar-refractivity contribution in [3.63, 3.8) is 0 Å². The number of aliphatic hydroxyl groups is 1. The minimum atomic E-state index is -4.80. The zero-order valence-corrected chi connectivity index (χ0v) is 18.0. The molecule has 3 heterocycles. The lowest BCUT2D eigenvalue weighted by Gasteiger charge is -2.23. The standard InChI is InChI=1S/C16H25F3N8O3S/c1-4-26-8-21-11-13(23-10-5-6-27(7-10)31(29,30)20-3)24-15(25-14(11)26)22-9(2)12(28)16(17,18)19/h8-10,12,20,28H,4-7H2,1-3H3,(H2,22,23,24,25)/t9-,10+,12+/m1/s1. The molecule has 31 heavy (non-hydrogen) atoms. The van der Waals surface area contributed by atoms with E-state index in [0.29, 0.717) is 30.7 Å². The van der Waals surface area contributed by atoms with Crippen LogP contribution in [0.3, 0.4) is 0 Å². The van der Waals surface area contributed by atoms with Crippen molar-refractivity contribution >= 4 is 33.1 Å². The van der Waals surface area contributed by atoms with Crippen LogP contribution in [0.1, 0.15) is 20.3 Å². The molecule has 1 aliphatic rings. The molecule has 0 unspecified atom stereocenters. The molecule has 0 aromatic carbocycles. The fourth-order valence-corrected chi connectivity index (χ4v) is 4.27. The normalized spacial score (nSPS) is 20.2. The minimum absolute atomic E-state index is 0.112. The van der Waals surface area contributed by atoms with E-state index in [1.807, 2.05) is 6.92 Å². The summed E-state index contributed by atoms with van der Waals surface area (Å²) in [4.78, 5) is 12.8. The first-order valence-corrected chi connectivity index (χ1v) is 11.1. The van der Waals surface area contributed by atoms with Gasteiger partial charge in [-0.2, -0.15) is 35.9 Å². The number of rotatable bonds is 8. The average molecular weight is 466 g/mol. The first-order valence-electron chi connectivity index (χ1n) is 9.65. The number of alkyl halides is 3. The van der Waals surface area contributed by atoms with E-state index in [1.54, 1.807) is 4.57 Å². The second kappa shape index (κ2) is 8.72. The van der Waals surface area contributed by atoms with Gasteiger partial charge in [0.25, 0.3) is 10.2 Å². The predicted octanol–water partition coefficient (Wildman–Crippen LogP) is 0.520. The van der Waals surface area contributed by atoms with Crippen molar-refractivity contribution in [1.29, 1.82) is 0 Å². The highest BCUT2D eigenvalue weighted by Gasteiger charge is 2.42. The maximum absolute atomic E-state index is 12.8. The van der Waals surface area contributed by atoms with Crippen molar-refractivity contribution in [3.8, 4) is 0 Å². The van der Waals surface area contributed by atoms with Gasteiger partial charge in [-0.3, -0.25) is 0 Å². The van der Waals surface area contributed by atoms with E-state index in [2.05, 4.69) is 30.3 Å². The maximum Gasteiger partial charge on any atom is 0.416 e. The van der Waals surface area contributed by atoms with Gasteiger partial charge < -0.3 is 20.3 Å². The van der Waals surface area contributed by atoms with Crippen molar-refractivity contribution in [1.82, 2.24) is 28.5 Å². The first-order chi connectivity index (χ1) is 14.5. The summed E-state index contributed by atoms with van der Waals surface area (Å²) < 4.78 is 67.7. The van der Waals surface area contributed by atoms with Crippen LogP contribution in [-0.4, -0.2) is 81.8 Å². The summed E-state index contributed by atoms with van der Waals surface area (Å²) in [6.45, 7) is 4.04. The molecule has 1 saturated heterocycles. The summed E-state index contributed by atoms with van der Waals surface area (Å²) >= 11 is 0. The van der Waals surface area contributed by atoms with Gasteiger partial charge in [0, 0.05) is 32.7 Å². The number of aliphatic hydroxyl groups excluding tert-OH is 1. The molecule has 3 rings (SSSR count). The average Bonchev–Trinajstić information content (AvgIpc) is 3.34. The quantitative estimate of drug-likeness (QED) is 0.442. The number of halogens is 3. The van der Waals surface area contributed by atoms with Gasteiger partial charge in [-0.25, -0.2) is 9.71 Å². The van der Waals surface area contributed by atoms with Crippen LogP contribution in [0, 0.1) is 0 Å². The molecular formula is C16H25F3N8O3S. The van der Waals surface area contributed by atoms with E-state index in [-0.39, 0.29) is 24.4 Å². The SMILES string of the molecule is CCn1cnc2c(N[C@H]3CCN(S(=O)(=O)NC)C3)nc(N[C@H](C)[C@H](O)C(F)(F)F)nc21. The van der Waals surface area contributed by atoms with Crippen molar-refractivity contribution < 1.29 is 26.7 Å². The van der Waals surface area contributed by atoms with Gasteiger partial charge in [-0.05, 0) is 20.3 Å². The fourth-order valence-electron chi connectivity index (χ4n) is 3.29. The summed E-state index contributed by atoms with van der Waals surface area (Å²) in [5, 5.41) is 15.1. The number of hydrogen-bond donors (Lipinski definition) is 4. The van der Waals surface area contributed by atoms with Gasteiger partial charge >= 0.3 is 6.18 Å². The molecule has 174 valence electrons. The van der Waals surface area contributed by atoms with Gasteiger partial charge in [0.05, 0.1) is 12.4 Å². The Kier molecular flexibility index (Phi) is 6.59. The highest BCUT2D eigenvalue weighted by atomic mass is 32.2. The molecule has 0 amide bonds. The Balaban J connectivity index is 1.88. The van der Waals surface area contributed by atoms with E-state index >= 15 is 0 Å². The molecule has 0 spiro atoms. The largest absolute Gasteiger partial charge is 0.416 e. The van der Waals surface area contributed by atoms with E-state index in [1.165, 1.54) is 24.6 Å². The Morgan fingerprint density at radius 3 is 2.68 bits per heavy atom. The smallest absolute Gasteiger partial charge is 0.382 e. The summed E-state index contributed by atoms with van der Waals surface area (Å²) in [6, 6.07) is -1.68. The van der Waals surface area contributed by atoms with E-state index in [0.717, 1.165) is 0 Å². The molecular weight excluding hydrogens is 441 g/mol. The van der Waals surface area contributed by atoms with E-state index in [9.17, 15) is 26.7 Å². The molecule has 0 bridgehead atoms. The Morgan fingerprint density at radius 1 is 1.35 bits per heavy atom. The number of imidazole rings is 1. The molecule has 4 N–H and O–H groups in total. The highest BCUT2D eigenvalue weighted by Crippen LogP contribution is 2.27. The zero-order valence-electron chi connectivity index (χ0n) is 17.2. The Labute approximate surface area is 177 Å². The summed E-state index contributed by atoms with van der Waals surface area (Å²) in [5.74, 6) is 0.154. The number of nitrogens with one attached hydrogen (secondary N) is 3. The van der Waals surface area contributed by atoms with Crippen molar-refractivity contribution in [2.45, 2.75) is 51.2 Å². The maximum atomic E-state index is 12.8. The summed E-state index contributed by atoms with van der Waals surface area (Å²) in [5.41, 5.74) is 0.806. The van der Waals surface area contributed by atoms with E-state index in [4.69, 9.17) is 0 Å². The Morgan fingerprint density at radius 2 is 2.06 bits per heavy atom. The first kappa shape index (κ1) is 23.4. The van der Waals surface area contributed by atoms with Crippen LogP contribution < -0.4 is 15.4 Å². The number of fused-ring (bicyclic) bond motifs is 1. The second-order valence-electron chi connectivity index (χ2n) is 7.22. The molecule has 1 aliphatic heterocycles. The molecule has 11 nitrogen and oxygen atoms in total. The lowest BCUT2D eigenvalue weighted by atomic mass is 10.2. The van der Waals surface area contributed by atoms with Crippen LogP contribution in [0.25, 0.3) is 11.2 Å². The summed E-state index contributed by atoms with van der Waals surface area (Å²) in [7, 11) is -2.24. The van der Waals surface area contributed by atoms with Gasteiger partial charge in [-0.1, -0.05) is 0 Å². The number of aromatic nitrogens is 4. The lowest BCUT2D eigenvalue weighted by molar-refractivity contribution is -0.206. The number of aryl methyl sites for hydroxylation is 1. The second-order valence-corrected chi connectivity index (χ2v) is 9.09. The Bertz CT molecular complexity index is 1030. The van der Waals surface area contributed by atoms with Gasteiger partial charge in [0.1, 0.15) is 0 Å². The monoisotopic (exact) mass is 466 g/mol. The predicted molar refractivity (Wildman–Crippen MR) is 108 cm³/mol. The number of nitrogens with zero attached hydrogens (tertiary/aromatic N) is 5. The van der Waals surface area contributed by atoms with Gasteiger partial charge in [0.15, 0.2) is 23.1 Å². The lowest BCUT2D eigenvalue weighted by Crippen LogP contribution is -2.42. The van der Waals surface area contributed by atoms with Crippen LogP contribution in [0.15, 0.2) is 6.33 Å². The molecule has 0 radical (unpaired) electrons. The third-order valence-electron chi connectivity index (χ3n) is 5.06. The molecule has 2 aromatic rings. The molecule has 15 heteroatoms. The number of anilines is 2. The topological polar surface area (TPSA) is 137 Å².